The summed E-state index contributed by atoms with van der Waals surface area (Å²) in [5.74, 6) is -0.647. The number of rotatable bonds is 4. The van der Waals surface area contributed by atoms with Gasteiger partial charge in [0, 0.05) is 18.8 Å². The minimum atomic E-state index is -0.440. The summed E-state index contributed by atoms with van der Waals surface area (Å²) in [6, 6.07) is 3.86. The Bertz CT molecular complexity index is 379. The van der Waals surface area contributed by atoms with E-state index >= 15 is 0 Å². The van der Waals surface area contributed by atoms with Crippen molar-refractivity contribution in [2.24, 2.45) is 0 Å². The molecule has 1 aromatic rings. The van der Waals surface area contributed by atoms with Crippen molar-refractivity contribution in [1.82, 2.24) is 4.90 Å². The molecule has 1 rings (SSSR count). The molecule has 4 heteroatoms. The number of nitrogens with two attached hydrogens (primary N) is 1. The second kappa shape index (κ2) is 5.49. The van der Waals surface area contributed by atoms with Crippen molar-refractivity contribution < 1.29 is 9.18 Å². The first kappa shape index (κ1) is 12.5. The van der Waals surface area contributed by atoms with Crippen LogP contribution < -0.4 is 5.73 Å². The lowest BCUT2D eigenvalue weighted by atomic mass is 10.1. The first-order chi connectivity index (χ1) is 7.60. The molecule has 0 unspecified atom stereocenters. The predicted octanol–water partition coefficient (Wildman–Crippen LogP) is 2.28. The molecule has 0 radical (unpaired) electrons. The Balaban J connectivity index is 2.98. The van der Waals surface area contributed by atoms with Crippen LogP contribution in [0.15, 0.2) is 18.2 Å². The molecule has 0 aromatic heterocycles. The van der Waals surface area contributed by atoms with Gasteiger partial charge in [0.2, 0.25) is 0 Å². The maximum Gasteiger partial charge on any atom is 0.256 e. The fourth-order valence-corrected chi connectivity index (χ4v) is 1.56. The molecular formula is C12H17FN2O. The third-order valence-electron chi connectivity index (χ3n) is 2.41. The molecule has 0 saturated carbocycles. The van der Waals surface area contributed by atoms with Crippen LogP contribution in [-0.2, 0) is 0 Å². The van der Waals surface area contributed by atoms with E-state index in [1.165, 1.54) is 18.2 Å². The van der Waals surface area contributed by atoms with Crippen LogP contribution in [0.25, 0.3) is 0 Å². The average Bonchev–Trinajstić information content (AvgIpc) is 2.28. The summed E-state index contributed by atoms with van der Waals surface area (Å²) < 4.78 is 13.0. The highest BCUT2D eigenvalue weighted by Crippen LogP contribution is 2.15. The van der Waals surface area contributed by atoms with E-state index in [0.29, 0.717) is 18.8 Å². The van der Waals surface area contributed by atoms with E-state index in [9.17, 15) is 9.18 Å². The number of hydrogen-bond donors (Lipinski definition) is 1. The fourth-order valence-electron chi connectivity index (χ4n) is 1.56. The number of carbonyl (C=O) groups is 1. The van der Waals surface area contributed by atoms with Crippen LogP contribution in [0.5, 0.6) is 0 Å². The summed E-state index contributed by atoms with van der Waals surface area (Å²) in [5.41, 5.74) is 6.23. The molecule has 2 N–H and O–H groups in total. The summed E-state index contributed by atoms with van der Waals surface area (Å²) in [6.45, 7) is 5.14. The van der Waals surface area contributed by atoms with Gasteiger partial charge >= 0.3 is 0 Å². The van der Waals surface area contributed by atoms with Crippen LogP contribution >= 0.6 is 0 Å². The van der Waals surface area contributed by atoms with Gasteiger partial charge < -0.3 is 10.6 Å². The Hall–Kier alpha value is -1.58. The largest absolute Gasteiger partial charge is 0.398 e. The molecule has 0 bridgehead atoms. The molecule has 16 heavy (non-hydrogen) atoms. The number of amides is 1. The molecule has 0 spiro atoms. The monoisotopic (exact) mass is 224 g/mol. The van der Waals surface area contributed by atoms with Crippen molar-refractivity contribution in [2.75, 3.05) is 18.8 Å². The van der Waals surface area contributed by atoms with Crippen LogP contribution in [0, 0.1) is 5.82 Å². The molecule has 0 heterocycles. The first-order valence-corrected chi connectivity index (χ1v) is 5.44. The van der Waals surface area contributed by atoms with Crippen LogP contribution in [0.3, 0.4) is 0 Å². The van der Waals surface area contributed by atoms with Crippen molar-refractivity contribution >= 4 is 11.6 Å². The van der Waals surface area contributed by atoms with Gasteiger partial charge in [0.1, 0.15) is 5.82 Å². The molecular weight excluding hydrogens is 207 g/mol. The van der Waals surface area contributed by atoms with E-state index in [4.69, 9.17) is 5.73 Å². The van der Waals surface area contributed by atoms with E-state index in [1.807, 2.05) is 13.8 Å². The average molecular weight is 224 g/mol. The van der Waals surface area contributed by atoms with Crippen molar-refractivity contribution in [3.05, 3.63) is 29.6 Å². The zero-order valence-electron chi connectivity index (χ0n) is 9.66. The second-order valence-electron chi connectivity index (χ2n) is 3.62. The van der Waals surface area contributed by atoms with Gasteiger partial charge in [-0.05, 0) is 31.5 Å². The van der Waals surface area contributed by atoms with E-state index in [1.54, 1.807) is 4.90 Å². The van der Waals surface area contributed by atoms with Gasteiger partial charge in [-0.25, -0.2) is 4.39 Å². The molecule has 3 nitrogen and oxygen atoms in total. The van der Waals surface area contributed by atoms with E-state index < -0.39 is 5.82 Å². The zero-order valence-corrected chi connectivity index (χ0v) is 9.66. The number of benzene rings is 1. The second-order valence-corrected chi connectivity index (χ2v) is 3.62. The molecule has 0 atom stereocenters. The van der Waals surface area contributed by atoms with Crippen molar-refractivity contribution in [3.63, 3.8) is 0 Å². The maximum absolute atomic E-state index is 13.0. The lowest BCUT2D eigenvalue weighted by molar-refractivity contribution is 0.0765. The van der Waals surface area contributed by atoms with E-state index in [2.05, 4.69) is 0 Å². The lowest BCUT2D eigenvalue weighted by Crippen LogP contribution is -2.32. The minimum absolute atomic E-state index is 0.207. The number of hydrogen-bond acceptors (Lipinski definition) is 2. The summed E-state index contributed by atoms with van der Waals surface area (Å²) in [7, 11) is 0. The Labute approximate surface area is 95.0 Å². The topological polar surface area (TPSA) is 46.3 Å². The first-order valence-electron chi connectivity index (χ1n) is 5.44. The van der Waals surface area contributed by atoms with Gasteiger partial charge in [0.25, 0.3) is 5.91 Å². The molecule has 88 valence electrons. The summed E-state index contributed by atoms with van der Waals surface area (Å²) in [6.07, 6.45) is 0.870. The maximum atomic E-state index is 13.0. The Kier molecular flexibility index (Phi) is 4.28. The summed E-state index contributed by atoms with van der Waals surface area (Å²) in [5, 5.41) is 0. The standard InChI is InChI=1S/C12H17FN2O/c1-3-7-15(4-2)12(16)10-8-9(13)5-6-11(10)14/h5-6,8H,3-4,7,14H2,1-2H3. The molecule has 1 aromatic carbocycles. The molecule has 0 aliphatic carbocycles. The fraction of sp³-hybridized carbons (Fsp3) is 0.417. The highest BCUT2D eigenvalue weighted by Gasteiger charge is 2.16. The van der Waals surface area contributed by atoms with Gasteiger partial charge in [-0.2, -0.15) is 0 Å². The van der Waals surface area contributed by atoms with Crippen molar-refractivity contribution in [2.45, 2.75) is 20.3 Å². The Morgan fingerprint density at radius 3 is 2.69 bits per heavy atom. The van der Waals surface area contributed by atoms with Gasteiger partial charge in [-0.15, -0.1) is 0 Å². The van der Waals surface area contributed by atoms with Gasteiger partial charge in [-0.3, -0.25) is 4.79 Å². The number of nitrogens with zero attached hydrogens (tertiary/aromatic N) is 1. The number of carbonyl (C=O) groups excluding carboxylic acids is 1. The third-order valence-corrected chi connectivity index (χ3v) is 2.41. The summed E-state index contributed by atoms with van der Waals surface area (Å²) in [4.78, 5) is 13.7. The van der Waals surface area contributed by atoms with Crippen LogP contribution in [-0.4, -0.2) is 23.9 Å². The molecule has 1 amide bonds. The third kappa shape index (κ3) is 2.72. The molecule has 0 aliphatic rings. The smallest absolute Gasteiger partial charge is 0.256 e. The van der Waals surface area contributed by atoms with Gasteiger partial charge in [-0.1, -0.05) is 6.92 Å². The van der Waals surface area contributed by atoms with Crippen molar-refractivity contribution in [3.8, 4) is 0 Å². The van der Waals surface area contributed by atoms with E-state index in [-0.39, 0.29) is 11.5 Å². The highest BCUT2D eigenvalue weighted by molar-refractivity contribution is 5.99. The van der Waals surface area contributed by atoms with Crippen LogP contribution in [0.1, 0.15) is 30.6 Å². The number of nitrogen functional groups attached to an aromatic ring is 1. The van der Waals surface area contributed by atoms with E-state index in [0.717, 1.165) is 6.42 Å². The Morgan fingerprint density at radius 1 is 1.44 bits per heavy atom. The summed E-state index contributed by atoms with van der Waals surface area (Å²) >= 11 is 0. The van der Waals surface area contributed by atoms with Crippen LogP contribution in [0.2, 0.25) is 0 Å². The zero-order chi connectivity index (χ0) is 12.1. The quantitative estimate of drug-likeness (QED) is 0.797. The van der Waals surface area contributed by atoms with Gasteiger partial charge in [0.05, 0.1) is 5.56 Å². The SMILES string of the molecule is CCCN(CC)C(=O)c1cc(F)ccc1N. The molecule has 0 aliphatic heterocycles. The molecule has 0 saturated heterocycles. The highest BCUT2D eigenvalue weighted by atomic mass is 19.1. The lowest BCUT2D eigenvalue weighted by Gasteiger charge is -2.20. The van der Waals surface area contributed by atoms with Crippen LogP contribution in [0.4, 0.5) is 10.1 Å². The number of anilines is 1. The van der Waals surface area contributed by atoms with Gasteiger partial charge in [0.15, 0.2) is 0 Å². The number of halogens is 1. The Morgan fingerprint density at radius 2 is 2.12 bits per heavy atom. The molecule has 0 fully saturated rings. The predicted molar refractivity (Wildman–Crippen MR) is 62.7 cm³/mol. The minimum Gasteiger partial charge on any atom is -0.398 e. The van der Waals surface area contributed by atoms with Crippen molar-refractivity contribution in [1.29, 1.82) is 0 Å². The normalized spacial score (nSPS) is 10.2.